The fraction of sp³-hybridized carbons (Fsp3) is 0.462. The zero-order chi connectivity index (χ0) is 11.1. The maximum Gasteiger partial charge on any atom is 0.312 e. The summed E-state index contributed by atoms with van der Waals surface area (Å²) in [5.41, 5.74) is 2.34. The van der Waals surface area contributed by atoms with Crippen molar-refractivity contribution in [3.8, 4) is 5.75 Å². The third kappa shape index (κ3) is 1.76. The minimum atomic E-state index is -0.128. The highest BCUT2D eigenvalue weighted by Gasteiger charge is 2.33. The summed E-state index contributed by atoms with van der Waals surface area (Å²) < 4.78 is 5.23. The standard InChI is InChI=1S/C13H16O2/c1-4-9-5-6-11-10(7-9)13(2,3)8-12(14)15-11/h5-7H,4,8H2,1-3H3. The van der Waals surface area contributed by atoms with Gasteiger partial charge in [0.25, 0.3) is 0 Å². The SMILES string of the molecule is CCc1ccc2c(c1)C(C)(C)CC(=O)O2. The molecule has 15 heavy (non-hydrogen) atoms. The Balaban J connectivity index is 2.53. The molecule has 0 unspecified atom stereocenters. The second-order valence-corrected chi connectivity index (χ2v) is 4.72. The first-order valence-electron chi connectivity index (χ1n) is 5.37. The van der Waals surface area contributed by atoms with Crippen molar-refractivity contribution in [1.29, 1.82) is 0 Å². The number of fused-ring (bicyclic) bond motifs is 1. The van der Waals surface area contributed by atoms with Crippen molar-refractivity contribution in [2.45, 2.75) is 39.0 Å². The van der Waals surface area contributed by atoms with Gasteiger partial charge in [-0.3, -0.25) is 4.79 Å². The van der Waals surface area contributed by atoms with Crippen molar-refractivity contribution in [3.05, 3.63) is 29.3 Å². The van der Waals surface area contributed by atoms with Crippen LogP contribution >= 0.6 is 0 Å². The molecule has 1 aliphatic rings. The molecule has 0 fully saturated rings. The number of aryl methyl sites for hydroxylation is 1. The number of carbonyl (C=O) groups is 1. The first-order chi connectivity index (χ1) is 7.03. The Morgan fingerprint density at radius 2 is 2.13 bits per heavy atom. The summed E-state index contributed by atoms with van der Waals surface area (Å²) in [6, 6.07) is 6.09. The molecule has 0 amide bonds. The molecule has 1 aromatic rings. The van der Waals surface area contributed by atoms with Crippen LogP contribution in [0.3, 0.4) is 0 Å². The van der Waals surface area contributed by atoms with E-state index >= 15 is 0 Å². The van der Waals surface area contributed by atoms with Crippen LogP contribution in [-0.2, 0) is 16.6 Å². The maximum absolute atomic E-state index is 11.4. The number of rotatable bonds is 1. The normalized spacial score (nSPS) is 18.2. The van der Waals surface area contributed by atoms with Gasteiger partial charge in [-0.05, 0) is 18.1 Å². The fourth-order valence-electron chi connectivity index (χ4n) is 2.03. The first-order valence-corrected chi connectivity index (χ1v) is 5.37. The summed E-state index contributed by atoms with van der Waals surface area (Å²) in [5, 5.41) is 0. The van der Waals surface area contributed by atoms with Gasteiger partial charge in [-0.25, -0.2) is 0 Å². The minimum Gasteiger partial charge on any atom is -0.426 e. The summed E-state index contributed by atoms with van der Waals surface area (Å²) in [6.07, 6.45) is 1.48. The summed E-state index contributed by atoms with van der Waals surface area (Å²) >= 11 is 0. The third-order valence-electron chi connectivity index (χ3n) is 2.99. The molecule has 1 aliphatic heterocycles. The van der Waals surface area contributed by atoms with E-state index in [2.05, 4.69) is 26.8 Å². The van der Waals surface area contributed by atoms with Gasteiger partial charge in [0.05, 0.1) is 6.42 Å². The van der Waals surface area contributed by atoms with E-state index in [0.717, 1.165) is 17.7 Å². The van der Waals surface area contributed by atoms with Crippen molar-refractivity contribution < 1.29 is 9.53 Å². The number of carbonyl (C=O) groups excluding carboxylic acids is 1. The first kappa shape index (κ1) is 10.2. The third-order valence-corrected chi connectivity index (χ3v) is 2.99. The highest BCUT2D eigenvalue weighted by atomic mass is 16.5. The zero-order valence-corrected chi connectivity index (χ0v) is 9.46. The van der Waals surface area contributed by atoms with Crippen LogP contribution in [-0.4, -0.2) is 5.97 Å². The number of hydrogen-bond donors (Lipinski definition) is 0. The molecule has 0 N–H and O–H groups in total. The lowest BCUT2D eigenvalue weighted by molar-refractivity contribution is -0.136. The van der Waals surface area contributed by atoms with Crippen LogP contribution in [0.4, 0.5) is 0 Å². The van der Waals surface area contributed by atoms with Crippen molar-refractivity contribution in [2.24, 2.45) is 0 Å². The Morgan fingerprint density at radius 1 is 1.40 bits per heavy atom. The van der Waals surface area contributed by atoms with Crippen LogP contribution in [0.1, 0.15) is 38.3 Å². The summed E-state index contributed by atoms with van der Waals surface area (Å²) in [6.45, 7) is 6.31. The largest absolute Gasteiger partial charge is 0.426 e. The number of ether oxygens (including phenoxy) is 1. The molecular weight excluding hydrogens is 188 g/mol. The Hall–Kier alpha value is -1.31. The Kier molecular flexibility index (Phi) is 2.29. The van der Waals surface area contributed by atoms with Crippen molar-refractivity contribution in [1.82, 2.24) is 0 Å². The van der Waals surface area contributed by atoms with Crippen LogP contribution in [0, 0.1) is 0 Å². The van der Waals surface area contributed by atoms with Gasteiger partial charge >= 0.3 is 5.97 Å². The van der Waals surface area contributed by atoms with Crippen molar-refractivity contribution >= 4 is 5.97 Å². The molecule has 80 valence electrons. The van der Waals surface area contributed by atoms with E-state index < -0.39 is 0 Å². The van der Waals surface area contributed by atoms with Gasteiger partial charge in [0.15, 0.2) is 0 Å². The molecule has 0 saturated carbocycles. The molecule has 0 aromatic heterocycles. The average molecular weight is 204 g/mol. The van der Waals surface area contributed by atoms with E-state index in [1.54, 1.807) is 0 Å². The van der Waals surface area contributed by atoms with E-state index in [4.69, 9.17) is 4.74 Å². The summed E-state index contributed by atoms with van der Waals surface area (Å²) in [7, 11) is 0. The topological polar surface area (TPSA) is 26.3 Å². The fourth-order valence-corrected chi connectivity index (χ4v) is 2.03. The minimum absolute atomic E-state index is 0.101. The maximum atomic E-state index is 11.4. The average Bonchev–Trinajstić information content (AvgIpc) is 2.16. The molecule has 1 heterocycles. The quantitative estimate of drug-likeness (QED) is 0.519. The Bertz CT molecular complexity index is 405. The van der Waals surface area contributed by atoms with Gasteiger partial charge < -0.3 is 4.74 Å². The molecule has 0 saturated heterocycles. The summed E-state index contributed by atoms with van der Waals surface area (Å²) in [5.74, 6) is 0.602. The predicted molar refractivity (Wildman–Crippen MR) is 59.1 cm³/mol. The van der Waals surface area contributed by atoms with Gasteiger partial charge in [-0.15, -0.1) is 0 Å². The van der Waals surface area contributed by atoms with Crippen LogP contribution in [0.25, 0.3) is 0 Å². The Labute approximate surface area is 90.3 Å². The Morgan fingerprint density at radius 3 is 2.80 bits per heavy atom. The molecule has 0 aliphatic carbocycles. The monoisotopic (exact) mass is 204 g/mol. The second-order valence-electron chi connectivity index (χ2n) is 4.72. The van der Waals surface area contributed by atoms with Gasteiger partial charge in [0.2, 0.25) is 0 Å². The van der Waals surface area contributed by atoms with Crippen LogP contribution in [0.15, 0.2) is 18.2 Å². The highest BCUT2D eigenvalue weighted by Crippen LogP contribution is 2.39. The van der Waals surface area contributed by atoms with E-state index in [9.17, 15) is 4.79 Å². The van der Waals surface area contributed by atoms with Gasteiger partial charge in [-0.1, -0.05) is 32.9 Å². The van der Waals surface area contributed by atoms with Crippen LogP contribution in [0.2, 0.25) is 0 Å². The van der Waals surface area contributed by atoms with E-state index in [1.165, 1.54) is 5.56 Å². The molecular formula is C13H16O2. The number of benzene rings is 1. The van der Waals surface area contributed by atoms with Crippen LogP contribution in [0.5, 0.6) is 5.75 Å². The molecule has 2 rings (SSSR count). The lowest BCUT2D eigenvalue weighted by Crippen LogP contribution is -2.30. The van der Waals surface area contributed by atoms with Gasteiger partial charge in [0, 0.05) is 11.0 Å². The highest BCUT2D eigenvalue weighted by molar-refractivity contribution is 5.77. The molecule has 2 heteroatoms. The molecule has 0 spiro atoms. The van der Waals surface area contributed by atoms with E-state index in [1.807, 2.05) is 12.1 Å². The molecule has 2 nitrogen and oxygen atoms in total. The molecule has 1 aromatic carbocycles. The molecule has 0 radical (unpaired) electrons. The van der Waals surface area contributed by atoms with Gasteiger partial charge in [0.1, 0.15) is 5.75 Å². The zero-order valence-electron chi connectivity index (χ0n) is 9.46. The predicted octanol–water partition coefficient (Wildman–Crippen LogP) is 2.84. The second kappa shape index (κ2) is 3.37. The van der Waals surface area contributed by atoms with E-state index in [-0.39, 0.29) is 11.4 Å². The lowest BCUT2D eigenvalue weighted by Gasteiger charge is -2.31. The molecule has 0 bridgehead atoms. The summed E-state index contributed by atoms with van der Waals surface area (Å²) in [4.78, 5) is 11.4. The smallest absolute Gasteiger partial charge is 0.312 e. The molecule has 0 atom stereocenters. The van der Waals surface area contributed by atoms with E-state index in [0.29, 0.717) is 6.42 Å². The number of esters is 1. The lowest BCUT2D eigenvalue weighted by atomic mass is 9.79. The number of hydrogen-bond acceptors (Lipinski definition) is 2. The van der Waals surface area contributed by atoms with Gasteiger partial charge in [-0.2, -0.15) is 0 Å². The van der Waals surface area contributed by atoms with Crippen molar-refractivity contribution in [2.75, 3.05) is 0 Å². The van der Waals surface area contributed by atoms with Crippen molar-refractivity contribution in [3.63, 3.8) is 0 Å². The van der Waals surface area contributed by atoms with Crippen LogP contribution < -0.4 is 4.74 Å².